The van der Waals surface area contributed by atoms with Crippen LogP contribution in [0.15, 0.2) is 42.5 Å². The second-order valence-electron chi connectivity index (χ2n) is 6.73. The van der Waals surface area contributed by atoms with Crippen molar-refractivity contribution in [3.8, 4) is 11.5 Å². The van der Waals surface area contributed by atoms with E-state index in [1.807, 2.05) is 68.1 Å². The summed E-state index contributed by atoms with van der Waals surface area (Å²) in [7, 11) is 0. The van der Waals surface area contributed by atoms with Crippen molar-refractivity contribution in [1.82, 2.24) is 0 Å². The zero-order valence-corrected chi connectivity index (χ0v) is 14.0. The molecule has 5 heteroatoms. The molecule has 0 aliphatic carbocycles. The Morgan fingerprint density at radius 1 is 1.12 bits per heavy atom. The second kappa shape index (κ2) is 5.16. The lowest BCUT2D eigenvalue weighted by atomic mass is 9.94. The van der Waals surface area contributed by atoms with E-state index in [9.17, 15) is 4.79 Å². The third-order valence-electron chi connectivity index (χ3n) is 4.62. The third-order valence-corrected chi connectivity index (χ3v) is 4.62. The fraction of sp³-hybridized carbons (Fsp3) is 0.316. The number of nitrogens with one attached hydrogen (secondary N) is 1. The fourth-order valence-electron chi connectivity index (χ4n) is 3.30. The molecule has 1 unspecified atom stereocenters. The first-order valence-corrected chi connectivity index (χ1v) is 8.08. The van der Waals surface area contributed by atoms with Crippen molar-refractivity contribution in [2.45, 2.75) is 32.4 Å². The fourth-order valence-corrected chi connectivity index (χ4v) is 3.30. The molecule has 2 aliphatic heterocycles. The van der Waals surface area contributed by atoms with Crippen LogP contribution in [0.2, 0.25) is 0 Å². The number of anilines is 2. The van der Waals surface area contributed by atoms with Gasteiger partial charge >= 0.3 is 0 Å². The molecule has 0 saturated heterocycles. The molecule has 0 bridgehead atoms. The van der Waals surface area contributed by atoms with Crippen molar-refractivity contribution in [2.75, 3.05) is 17.0 Å². The number of nitrogens with zero attached hydrogens (tertiary/aromatic N) is 1. The molecule has 2 heterocycles. The van der Waals surface area contributed by atoms with Crippen LogP contribution in [0.1, 0.15) is 32.4 Å². The molecule has 24 heavy (non-hydrogen) atoms. The summed E-state index contributed by atoms with van der Waals surface area (Å²) in [6.07, 6.45) is 0. The molecule has 0 radical (unpaired) electrons. The number of ether oxygens (including phenoxy) is 2. The lowest BCUT2D eigenvalue weighted by molar-refractivity contribution is -0.122. The summed E-state index contributed by atoms with van der Waals surface area (Å²) in [4.78, 5) is 15.0. The lowest BCUT2D eigenvalue weighted by Crippen LogP contribution is -2.54. The Labute approximate surface area is 141 Å². The first-order valence-electron chi connectivity index (χ1n) is 8.08. The molecule has 1 N–H and O–H groups in total. The molecule has 2 aromatic carbocycles. The maximum absolute atomic E-state index is 13.1. The molecular formula is C19H20N2O3. The van der Waals surface area contributed by atoms with Gasteiger partial charge in [0.1, 0.15) is 5.54 Å². The van der Waals surface area contributed by atoms with Crippen LogP contribution in [0.4, 0.5) is 11.4 Å². The molecule has 124 valence electrons. The predicted molar refractivity (Wildman–Crippen MR) is 92.6 cm³/mol. The summed E-state index contributed by atoms with van der Waals surface area (Å²) in [5.74, 6) is 1.41. The first-order chi connectivity index (χ1) is 11.5. The number of fused-ring (bicyclic) bond motifs is 2. The number of amides is 1. The number of carbonyl (C=O) groups is 1. The summed E-state index contributed by atoms with van der Waals surface area (Å²) in [6.45, 7) is 6.05. The standard InChI is InChI=1S/C19H20N2O3/c1-12(13-7-5-4-6-8-13)21-15-10-17-16(23-11-24-17)9-14(15)20-19(2,3)18(21)22/h4-10,12,20H,11H2,1-3H3. The van der Waals surface area contributed by atoms with E-state index in [2.05, 4.69) is 5.32 Å². The van der Waals surface area contributed by atoms with E-state index >= 15 is 0 Å². The van der Waals surface area contributed by atoms with Crippen LogP contribution in [0.25, 0.3) is 0 Å². The SMILES string of the molecule is CC(c1ccccc1)N1C(=O)C(C)(C)Nc2cc3c(cc21)OCO3. The van der Waals surface area contributed by atoms with Gasteiger partial charge in [0.25, 0.3) is 5.91 Å². The van der Waals surface area contributed by atoms with Gasteiger partial charge in [-0.3, -0.25) is 4.79 Å². The Hall–Kier alpha value is -2.69. The zero-order valence-electron chi connectivity index (χ0n) is 14.0. The van der Waals surface area contributed by atoms with Crippen LogP contribution in [0, 0.1) is 0 Å². The highest BCUT2D eigenvalue weighted by atomic mass is 16.7. The second-order valence-corrected chi connectivity index (χ2v) is 6.73. The van der Waals surface area contributed by atoms with Crippen LogP contribution in [-0.4, -0.2) is 18.2 Å². The van der Waals surface area contributed by atoms with Gasteiger partial charge in [-0.1, -0.05) is 30.3 Å². The molecule has 0 saturated carbocycles. The molecule has 1 atom stereocenters. The number of rotatable bonds is 2. The molecule has 0 aromatic heterocycles. The van der Waals surface area contributed by atoms with Gasteiger partial charge in [0.15, 0.2) is 11.5 Å². The Morgan fingerprint density at radius 2 is 1.79 bits per heavy atom. The van der Waals surface area contributed by atoms with Gasteiger partial charge in [0, 0.05) is 12.1 Å². The van der Waals surface area contributed by atoms with E-state index < -0.39 is 5.54 Å². The van der Waals surface area contributed by atoms with Gasteiger partial charge in [-0.15, -0.1) is 0 Å². The van der Waals surface area contributed by atoms with E-state index in [4.69, 9.17) is 9.47 Å². The van der Waals surface area contributed by atoms with E-state index in [0.29, 0.717) is 11.5 Å². The van der Waals surface area contributed by atoms with Crippen molar-refractivity contribution in [1.29, 1.82) is 0 Å². The molecular weight excluding hydrogens is 304 g/mol. The summed E-state index contributed by atoms with van der Waals surface area (Å²) in [5, 5.41) is 3.33. The van der Waals surface area contributed by atoms with Gasteiger partial charge in [0.05, 0.1) is 17.4 Å². The minimum Gasteiger partial charge on any atom is -0.454 e. The predicted octanol–water partition coefficient (Wildman–Crippen LogP) is 3.71. The van der Waals surface area contributed by atoms with Crippen molar-refractivity contribution >= 4 is 17.3 Å². The monoisotopic (exact) mass is 324 g/mol. The molecule has 2 aliphatic rings. The Kier molecular flexibility index (Phi) is 3.20. The average Bonchev–Trinajstić information content (AvgIpc) is 3.01. The van der Waals surface area contributed by atoms with Crippen molar-refractivity contribution in [2.24, 2.45) is 0 Å². The quantitative estimate of drug-likeness (QED) is 0.915. The highest BCUT2D eigenvalue weighted by molar-refractivity contribution is 6.08. The van der Waals surface area contributed by atoms with Gasteiger partial charge in [-0.25, -0.2) is 0 Å². The van der Waals surface area contributed by atoms with E-state index in [0.717, 1.165) is 16.9 Å². The third kappa shape index (κ3) is 2.19. The first kappa shape index (κ1) is 14.9. The van der Waals surface area contributed by atoms with Gasteiger partial charge in [-0.05, 0) is 26.3 Å². The maximum Gasteiger partial charge on any atom is 0.252 e. The van der Waals surface area contributed by atoms with Crippen molar-refractivity contribution < 1.29 is 14.3 Å². The highest BCUT2D eigenvalue weighted by Gasteiger charge is 2.42. The number of benzene rings is 2. The van der Waals surface area contributed by atoms with Crippen LogP contribution in [0.3, 0.4) is 0 Å². The Balaban J connectivity index is 1.85. The largest absolute Gasteiger partial charge is 0.454 e. The summed E-state index contributed by atoms with van der Waals surface area (Å²) in [5.41, 5.74) is 2.10. The molecule has 2 aromatic rings. The smallest absolute Gasteiger partial charge is 0.252 e. The molecule has 5 nitrogen and oxygen atoms in total. The van der Waals surface area contributed by atoms with Gasteiger partial charge in [0.2, 0.25) is 6.79 Å². The van der Waals surface area contributed by atoms with Gasteiger partial charge in [-0.2, -0.15) is 0 Å². The van der Waals surface area contributed by atoms with Crippen LogP contribution >= 0.6 is 0 Å². The summed E-state index contributed by atoms with van der Waals surface area (Å²) in [6, 6.07) is 13.8. The molecule has 4 rings (SSSR count). The van der Waals surface area contributed by atoms with Crippen LogP contribution in [-0.2, 0) is 4.79 Å². The van der Waals surface area contributed by atoms with Crippen LogP contribution in [0.5, 0.6) is 11.5 Å². The van der Waals surface area contributed by atoms with Gasteiger partial charge < -0.3 is 19.7 Å². The maximum atomic E-state index is 13.1. The highest BCUT2D eigenvalue weighted by Crippen LogP contribution is 2.47. The van der Waals surface area contributed by atoms with Crippen LogP contribution < -0.4 is 19.7 Å². The van der Waals surface area contributed by atoms with Crippen molar-refractivity contribution in [3.05, 3.63) is 48.0 Å². The van der Waals surface area contributed by atoms with Crippen molar-refractivity contribution in [3.63, 3.8) is 0 Å². The summed E-state index contributed by atoms with van der Waals surface area (Å²) >= 11 is 0. The number of carbonyl (C=O) groups excluding carboxylic acids is 1. The minimum absolute atomic E-state index is 0.0326. The molecule has 1 amide bonds. The lowest BCUT2D eigenvalue weighted by Gasteiger charge is -2.42. The number of hydrogen-bond donors (Lipinski definition) is 1. The number of hydrogen-bond acceptors (Lipinski definition) is 4. The topological polar surface area (TPSA) is 50.8 Å². The Morgan fingerprint density at radius 3 is 2.50 bits per heavy atom. The zero-order chi connectivity index (χ0) is 16.9. The minimum atomic E-state index is -0.691. The molecule has 0 spiro atoms. The molecule has 0 fully saturated rings. The van der Waals surface area contributed by atoms with E-state index in [1.165, 1.54) is 0 Å². The summed E-state index contributed by atoms with van der Waals surface area (Å²) < 4.78 is 11.0. The Bertz CT molecular complexity index is 802. The normalized spacial score (nSPS) is 18.8. The average molecular weight is 324 g/mol. The van der Waals surface area contributed by atoms with E-state index in [-0.39, 0.29) is 18.7 Å². The van der Waals surface area contributed by atoms with E-state index in [1.54, 1.807) is 0 Å².